The summed E-state index contributed by atoms with van der Waals surface area (Å²) in [6, 6.07) is 10.1. The molecule has 3 rings (SSSR count). The maximum Gasteiger partial charge on any atom is 0.217 e. The maximum absolute atomic E-state index is 12.7. The molecular formula is C18H16O5. The fourth-order valence-electron chi connectivity index (χ4n) is 2.42. The van der Waals surface area contributed by atoms with E-state index in [4.69, 9.17) is 14.2 Å². The molecule has 0 saturated heterocycles. The van der Waals surface area contributed by atoms with Crippen LogP contribution in [0, 0.1) is 0 Å². The predicted molar refractivity (Wildman–Crippen MR) is 85.1 cm³/mol. The molecule has 1 aliphatic rings. The molecule has 23 heavy (non-hydrogen) atoms. The average molecular weight is 312 g/mol. The van der Waals surface area contributed by atoms with E-state index in [1.807, 2.05) is 0 Å². The zero-order valence-corrected chi connectivity index (χ0v) is 12.8. The average Bonchev–Trinajstić information content (AvgIpc) is 2.60. The number of rotatable bonds is 4. The molecule has 0 spiro atoms. The van der Waals surface area contributed by atoms with Crippen molar-refractivity contribution in [3.05, 3.63) is 59.2 Å². The highest BCUT2D eigenvalue weighted by atomic mass is 16.6. The van der Waals surface area contributed by atoms with Crippen LogP contribution in [0.3, 0.4) is 0 Å². The van der Waals surface area contributed by atoms with Gasteiger partial charge in [0.1, 0.15) is 17.2 Å². The third-order valence-electron chi connectivity index (χ3n) is 3.61. The number of fused-ring (bicyclic) bond motifs is 1. The van der Waals surface area contributed by atoms with Gasteiger partial charge in [0, 0.05) is 17.2 Å². The van der Waals surface area contributed by atoms with Crippen LogP contribution in [0.25, 0.3) is 6.08 Å². The van der Waals surface area contributed by atoms with Crippen molar-refractivity contribution in [2.24, 2.45) is 0 Å². The summed E-state index contributed by atoms with van der Waals surface area (Å²) in [5.74, 6) is 1.45. The number of benzene rings is 2. The number of aliphatic hydroxyl groups is 1. The van der Waals surface area contributed by atoms with Crippen LogP contribution in [-0.2, 0) is 0 Å². The lowest BCUT2D eigenvalue weighted by atomic mass is 9.99. The van der Waals surface area contributed by atoms with Gasteiger partial charge < -0.3 is 19.3 Å². The van der Waals surface area contributed by atoms with Gasteiger partial charge in [-0.2, -0.15) is 0 Å². The van der Waals surface area contributed by atoms with Gasteiger partial charge in [-0.25, -0.2) is 0 Å². The monoisotopic (exact) mass is 312 g/mol. The minimum absolute atomic E-state index is 0.160. The second kappa shape index (κ2) is 6.14. The zero-order valence-electron chi connectivity index (χ0n) is 12.8. The van der Waals surface area contributed by atoms with Crippen molar-refractivity contribution >= 4 is 11.9 Å². The van der Waals surface area contributed by atoms with Crippen molar-refractivity contribution < 1.29 is 24.1 Å². The van der Waals surface area contributed by atoms with Crippen LogP contribution in [0.2, 0.25) is 0 Å². The first kappa shape index (κ1) is 15.1. The molecule has 0 amide bonds. The molecule has 1 aliphatic heterocycles. The molecule has 2 aromatic carbocycles. The number of carbonyl (C=O) groups excluding carboxylic acids is 1. The number of ketones is 1. The van der Waals surface area contributed by atoms with Crippen molar-refractivity contribution in [3.8, 4) is 17.2 Å². The Morgan fingerprint density at radius 1 is 1.13 bits per heavy atom. The van der Waals surface area contributed by atoms with Crippen LogP contribution in [0.4, 0.5) is 0 Å². The standard InChI is InChI=1S/C18H16O5/c1-21-13-5-6-14(16(10-13)22-2)18(20)12-3-7-15-11(9-12)4-8-17(19)23-15/h3-10,17,19H,1-2H3. The van der Waals surface area contributed by atoms with Gasteiger partial charge in [0.05, 0.1) is 19.8 Å². The molecule has 0 fully saturated rings. The van der Waals surface area contributed by atoms with Crippen LogP contribution in [-0.4, -0.2) is 31.4 Å². The molecule has 2 aromatic rings. The Labute approximate surface area is 133 Å². The summed E-state index contributed by atoms with van der Waals surface area (Å²) in [5, 5.41) is 9.43. The molecule has 0 radical (unpaired) electrons. The molecule has 0 aliphatic carbocycles. The van der Waals surface area contributed by atoms with E-state index in [1.54, 1.807) is 49.6 Å². The van der Waals surface area contributed by atoms with Crippen molar-refractivity contribution in [1.29, 1.82) is 0 Å². The molecule has 118 valence electrons. The van der Waals surface area contributed by atoms with Crippen LogP contribution >= 0.6 is 0 Å². The summed E-state index contributed by atoms with van der Waals surface area (Å²) in [4.78, 5) is 12.7. The Morgan fingerprint density at radius 2 is 1.96 bits per heavy atom. The van der Waals surface area contributed by atoms with Crippen molar-refractivity contribution in [2.45, 2.75) is 6.29 Å². The quantitative estimate of drug-likeness (QED) is 0.879. The van der Waals surface area contributed by atoms with Crippen molar-refractivity contribution in [3.63, 3.8) is 0 Å². The lowest BCUT2D eigenvalue weighted by molar-refractivity contribution is 0.0231. The molecular weight excluding hydrogens is 296 g/mol. The van der Waals surface area contributed by atoms with Crippen molar-refractivity contribution in [1.82, 2.24) is 0 Å². The second-order valence-corrected chi connectivity index (χ2v) is 5.02. The van der Waals surface area contributed by atoms with Crippen LogP contribution < -0.4 is 14.2 Å². The van der Waals surface area contributed by atoms with Gasteiger partial charge in [0.15, 0.2) is 5.78 Å². The van der Waals surface area contributed by atoms with Gasteiger partial charge in [0.2, 0.25) is 6.29 Å². The van der Waals surface area contributed by atoms with E-state index >= 15 is 0 Å². The SMILES string of the molecule is COc1ccc(C(=O)c2ccc3c(c2)C=CC(O)O3)c(OC)c1. The molecule has 1 atom stereocenters. The van der Waals surface area contributed by atoms with E-state index in [0.717, 1.165) is 5.56 Å². The third kappa shape index (κ3) is 2.91. The minimum Gasteiger partial charge on any atom is -0.497 e. The fourth-order valence-corrected chi connectivity index (χ4v) is 2.42. The molecule has 1 N–H and O–H groups in total. The fraction of sp³-hybridized carbons (Fsp3) is 0.167. The summed E-state index contributed by atoms with van der Waals surface area (Å²) < 4.78 is 15.7. The summed E-state index contributed by atoms with van der Waals surface area (Å²) in [6.45, 7) is 0. The van der Waals surface area contributed by atoms with Gasteiger partial charge >= 0.3 is 0 Å². The number of hydrogen-bond acceptors (Lipinski definition) is 5. The first-order valence-electron chi connectivity index (χ1n) is 7.06. The number of hydrogen-bond donors (Lipinski definition) is 1. The molecule has 1 heterocycles. The molecule has 0 aromatic heterocycles. The van der Waals surface area contributed by atoms with Crippen LogP contribution in [0.1, 0.15) is 21.5 Å². The van der Waals surface area contributed by atoms with Gasteiger partial charge in [-0.05, 0) is 42.5 Å². The normalized spacial score (nSPS) is 15.5. The minimum atomic E-state index is -0.953. The van der Waals surface area contributed by atoms with E-state index in [9.17, 15) is 9.90 Å². The Kier molecular flexibility index (Phi) is 4.04. The van der Waals surface area contributed by atoms with E-state index in [1.165, 1.54) is 13.2 Å². The molecule has 5 heteroatoms. The Morgan fingerprint density at radius 3 is 2.70 bits per heavy atom. The first-order chi connectivity index (χ1) is 11.1. The van der Waals surface area contributed by atoms with Gasteiger partial charge in [-0.15, -0.1) is 0 Å². The Hall–Kier alpha value is -2.79. The number of carbonyl (C=O) groups is 1. The lowest BCUT2D eigenvalue weighted by Crippen LogP contribution is -2.15. The number of ether oxygens (including phenoxy) is 3. The molecule has 0 bridgehead atoms. The van der Waals surface area contributed by atoms with E-state index in [-0.39, 0.29) is 5.78 Å². The second-order valence-electron chi connectivity index (χ2n) is 5.02. The number of aliphatic hydroxyl groups excluding tert-OH is 1. The van der Waals surface area contributed by atoms with E-state index < -0.39 is 6.29 Å². The Bertz CT molecular complexity index is 779. The van der Waals surface area contributed by atoms with Crippen molar-refractivity contribution in [2.75, 3.05) is 14.2 Å². The summed E-state index contributed by atoms with van der Waals surface area (Å²) in [6.07, 6.45) is 2.29. The van der Waals surface area contributed by atoms with Gasteiger partial charge in [0.25, 0.3) is 0 Å². The molecule has 5 nitrogen and oxygen atoms in total. The maximum atomic E-state index is 12.7. The molecule has 0 saturated carbocycles. The largest absolute Gasteiger partial charge is 0.497 e. The highest BCUT2D eigenvalue weighted by molar-refractivity contribution is 6.11. The van der Waals surface area contributed by atoms with Gasteiger partial charge in [-0.3, -0.25) is 4.79 Å². The lowest BCUT2D eigenvalue weighted by Gasteiger charge is -2.17. The highest BCUT2D eigenvalue weighted by Gasteiger charge is 2.18. The Balaban J connectivity index is 1.97. The first-order valence-corrected chi connectivity index (χ1v) is 7.06. The third-order valence-corrected chi connectivity index (χ3v) is 3.61. The van der Waals surface area contributed by atoms with Gasteiger partial charge in [-0.1, -0.05) is 0 Å². The summed E-state index contributed by atoms with van der Waals surface area (Å²) in [5.41, 5.74) is 1.71. The van der Waals surface area contributed by atoms with E-state index in [0.29, 0.717) is 28.4 Å². The zero-order chi connectivity index (χ0) is 16.4. The van der Waals surface area contributed by atoms with Crippen LogP contribution in [0.15, 0.2) is 42.5 Å². The number of methoxy groups -OCH3 is 2. The highest BCUT2D eigenvalue weighted by Crippen LogP contribution is 2.30. The smallest absolute Gasteiger partial charge is 0.217 e. The molecule has 1 unspecified atom stereocenters. The van der Waals surface area contributed by atoms with Crippen LogP contribution in [0.5, 0.6) is 17.2 Å². The predicted octanol–water partition coefficient (Wildman–Crippen LogP) is 2.66. The topological polar surface area (TPSA) is 65.0 Å². The van der Waals surface area contributed by atoms with E-state index in [2.05, 4.69) is 0 Å². The summed E-state index contributed by atoms with van der Waals surface area (Å²) >= 11 is 0. The summed E-state index contributed by atoms with van der Waals surface area (Å²) in [7, 11) is 3.07.